The third kappa shape index (κ3) is 3.16. The number of para-hydroxylation sites is 2. The third-order valence-corrected chi connectivity index (χ3v) is 4.44. The van der Waals surface area contributed by atoms with Crippen molar-refractivity contribution in [3.8, 4) is 5.69 Å². The van der Waals surface area contributed by atoms with Crippen molar-refractivity contribution in [2.45, 2.75) is 19.5 Å². The Morgan fingerprint density at radius 2 is 1.92 bits per heavy atom. The average Bonchev–Trinajstić information content (AvgIpc) is 3.30. The van der Waals surface area contributed by atoms with Crippen molar-refractivity contribution in [3.63, 3.8) is 0 Å². The number of hydrogen-bond donors (Lipinski definition) is 0. The first-order valence-electron chi connectivity index (χ1n) is 8.20. The second kappa shape index (κ2) is 6.49. The van der Waals surface area contributed by atoms with Crippen LogP contribution in [0.5, 0.6) is 0 Å². The van der Waals surface area contributed by atoms with Gasteiger partial charge in [-0.15, -0.1) is 0 Å². The number of benzene rings is 2. The van der Waals surface area contributed by atoms with Gasteiger partial charge >= 0.3 is 0 Å². The summed E-state index contributed by atoms with van der Waals surface area (Å²) < 4.78 is 7.57. The molecule has 0 unspecified atom stereocenters. The number of aromatic nitrogens is 4. The molecule has 2 heterocycles. The lowest BCUT2D eigenvalue weighted by atomic mass is 10.1. The van der Waals surface area contributed by atoms with Crippen LogP contribution in [0.3, 0.4) is 0 Å². The number of oxazole rings is 1. The van der Waals surface area contributed by atoms with Gasteiger partial charge in [-0.2, -0.15) is 5.10 Å². The van der Waals surface area contributed by atoms with Crippen LogP contribution in [-0.2, 0) is 6.54 Å². The highest BCUT2D eigenvalue weighted by molar-refractivity contribution is 5.72. The molecule has 4 aromatic rings. The summed E-state index contributed by atoms with van der Waals surface area (Å²) in [5.74, 6) is 0.731. The average molecular weight is 333 g/mol. The molecule has 0 saturated carbocycles. The molecule has 0 saturated heterocycles. The fraction of sp³-hybridized carbons (Fsp3) is 0.211. The van der Waals surface area contributed by atoms with Gasteiger partial charge in [0.1, 0.15) is 18.2 Å². The van der Waals surface area contributed by atoms with E-state index in [-0.39, 0.29) is 6.04 Å². The van der Waals surface area contributed by atoms with Crippen molar-refractivity contribution in [2.24, 2.45) is 0 Å². The van der Waals surface area contributed by atoms with Crippen LogP contribution in [0.25, 0.3) is 16.8 Å². The molecule has 126 valence electrons. The molecular weight excluding hydrogens is 314 g/mol. The summed E-state index contributed by atoms with van der Waals surface area (Å²) in [7, 11) is 2.07. The Balaban J connectivity index is 1.48. The molecule has 1 atom stereocenters. The predicted octanol–water partition coefficient (Wildman–Crippen LogP) is 3.60. The molecule has 2 aromatic heterocycles. The molecule has 2 aromatic carbocycles. The molecule has 0 fully saturated rings. The fourth-order valence-corrected chi connectivity index (χ4v) is 2.84. The van der Waals surface area contributed by atoms with Crippen LogP contribution in [-0.4, -0.2) is 31.7 Å². The van der Waals surface area contributed by atoms with Crippen molar-refractivity contribution in [1.29, 1.82) is 0 Å². The van der Waals surface area contributed by atoms with E-state index in [0.29, 0.717) is 6.54 Å². The smallest absolute Gasteiger partial charge is 0.209 e. The molecular formula is C19H19N5O. The summed E-state index contributed by atoms with van der Waals surface area (Å²) >= 11 is 0. The van der Waals surface area contributed by atoms with Gasteiger partial charge in [-0.05, 0) is 43.8 Å². The van der Waals surface area contributed by atoms with E-state index in [2.05, 4.69) is 46.1 Å². The normalized spacial score (nSPS) is 12.8. The maximum absolute atomic E-state index is 5.82. The summed E-state index contributed by atoms with van der Waals surface area (Å²) in [6.07, 6.45) is 3.22. The van der Waals surface area contributed by atoms with Crippen LogP contribution in [0.1, 0.15) is 24.4 Å². The molecule has 0 aliphatic rings. The molecule has 6 nitrogen and oxygen atoms in total. The minimum atomic E-state index is 0.236. The number of nitrogens with zero attached hydrogens (tertiary/aromatic N) is 5. The zero-order valence-electron chi connectivity index (χ0n) is 14.2. The lowest BCUT2D eigenvalue weighted by Crippen LogP contribution is -2.22. The van der Waals surface area contributed by atoms with E-state index in [1.54, 1.807) is 11.0 Å². The molecule has 0 spiro atoms. The van der Waals surface area contributed by atoms with Crippen LogP contribution in [0.4, 0.5) is 0 Å². The molecule has 0 bridgehead atoms. The zero-order valence-corrected chi connectivity index (χ0v) is 14.2. The Labute approximate surface area is 145 Å². The SMILES string of the molecule is C[C@@H](c1ccc(-n2cncn2)cc1)N(C)Cc1nc2ccccc2o1. The van der Waals surface area contributed by atoms with Crippen LogP contribution >= 0.6 is 0 Å². The van der Waals surface area contributed by atoms with Gasteiger partial charge in [0.25, 0.3) is 0 Å². The van der Waals surface area contributed by atoms with Gasteiger partial charge in [0.05, 0.1) is 12.2 Å². The molecule has 6 heteroatoms. The van der Waals surface area contributed by atoms with Crippen LogP contribution < -0.4 is 0 Å². The van der Waals surface area contributed by atoms with Gasteiger partial charge in [0.2, 0.25) is 5.89 Å². The number of hydrogen-bond acceptors (Lipinski definition) is 5. The lowest BCUT2D eigenvalue weighted by Gasteiger charge is -2.23. The highest BCUT2D eigenvalue weighted by Gasteiger charge is 2.15. The Bertz CT molecular complexity index is 926. The van der Waals surface area contributed by atoms with E-state index < -0.39 is 0 Å². The van der Waals surface area contributed by atoms with Crippen LogP contribution in [0, 0.1) is 0 Å². The van der Waals surface area contributed by atoms with E-state index in [9.17, 15) is 0 Å². The first-order chi connectivity index (χ1) is 12.2. The third-order valence-electron chi connectivity index (χ3n) is 4.44. The Morgan fingerprint density at radius 3 is 2.64 bits per heavy atom. The standard InChI is InChI=1S/C19H19N5O/c1-14(15-7-9-16(10-8-15)24-13-20-12-21-24)23(2)11-19-22-17-5-3-4-6-18(17)25-19/h3-10,12-14H,11H2,1-2H3/t14-/m0/s1. The Kier molecular flexibility index (Phi) is 4.03. The molecule has 0 N–H and O–H groups in total. The maximum atomic E-state index is 5.82. The topological polar surface area (TPSA) is 60.0 Å². The summed E-state index contributed by atoms with van der Waals surface area (Å²) in [6.45, 7) is 2.83. The van der Waals surface area contributed by atoms with Crippen LogP contribution in [0.2, 0.25) is 0 Å². The quantitative estimate of drug-likeness (QED) is 0.558. The van der Waals surface area contributed by atoms with Gasteiger partial charge in [0.15, 0.2) is 5.58 Å². The highest BCUT2D eigenvalue weighted by Crippen LogP contribution is 2.23. The number of fused-ring (bicyclic) bond motifs is 1. The van der Waals surface area contributed by atoms with Crippen molar-refractivity contribution in [2.75, 3.05) is 7.05 Å². The monoisotopic (exact) mass is 333 g/mol. The Morgan fingerprint density at radius 1 is 1.12 bits per heavy atom. The van der Waals surface area contributed by atoms with E-state index >= 15 is 0 Å². The summed E-state index contributed by atoms with van der Waals surface area (Å²) in [4.78, 5) is 10.7. The van der Waals surface area contributed by atoms with Crippen molar-refractivity contribution in [1.82, 2.24) is 24.6 Å². The van der Waals surface area contributed by atoms with Gasteiger partial charge < -0.3 is 4.42 Å². The van der Waals surface area contributed by atoms with E-state index in [1.807, 2.05) is 36.4 Å². The predicted molar refractivity (Wildman–Crippen MR) is 95.3 cm³/mol. The van der Waals surface area contributed by atoms with Crippen molar-refractivity contribution in [3.05, 3.63) is 72.6 Å². The molecule has 0 aliphatic carbocycles. The first-order valence-corrected chi connectivity index (χ1v) is 8.20. The largest absolute Gasteiger partial charge is 0.439 e. The van der Waals surface area contributed by atoms with E-state index in [0.717, 1.165) is 22.7 Å². The molecule has 0 radical (unpaired) electrons. The summed E-state index contributed by atoms with van der Waals surface area (Å²) in [5.41, 5.74) is 3.95. The highest BCUT2D eigenvalue weighted by atomic mass is 16.3. The number of rotatable bonds is 5. The molecule has 4 rings (SSSR count). The Hall–Kier alpha value is -2.99. The van der Waals surface area contributed by atoms with Gasteiger partial charge in [-0.1, -0.05) is 24.3 Å². The summed E-state index contributed by atoms with van der Waals surface area (Å²) in [5, 5.41) is 4.15. The van der Waals surface area contributed by atoms with E-state index in [4.69, 9.17) is 4.42 Å². The first kappa shape index (κ1) is 15.5. The van der Waals surface area contributed by atoms with Gasteiger partial charge in [-0.3, -0.25) is 4.90 Å². The van der Waals surface area contributed by atoms with Crippen molar-refractivity contribution < 1.29 is 4.42 Å². The zero-order chi connectivity index (χ0) is 17.2. The minimum Gasteiger partial charge on any atom is -0.439 e. The second-order valence-corrected chi connectivity index (χ2v) is 6.10. The van der Waals surface area contributed by atoms with Gasteiger partial charge in [-0.25, -0.2) is 14.6 Å². The summed E-state index contributed by atoms with van der Waals surface area (Å²) in [6, 6.07) is 16.4. The van der Waals surface area contributed by atoms with Crippen LogP contribution in [0.15, 0.2) is 65.6 Å². The molecule has 25 heavy (non-hydrogen) atoms. The second-order valence-electron chi connectivity index (χ2n) is 6.10. The van der Waals surface area contributed by atoms with Gasteiger partial charge in [0, 0.05) is 6.04 Å². The molecule has 0 aliphatic heterocycles. The maximum Gasteiger partial charge on any atom is 0.209 e. The fourth-order valence-electron chi connectivity index (χ4n) is 2.84. The molecule has 0 amide bonds. The van der Waals surface area contributed by atoms with Crippen molar-refractivity contribution >= 4 is 11.1 Å². The minimum absolute atomic E-state index is 0.236. The van der Waals surface area contributed by atoms with E-state index in [1.165, 1.54) is 11.9 Å². The lowest BCUT2D eigenvalue weighted by molar-refractivity contribution is 0.230.